The molecule has 0 aliphatic rings. The maximum Gasteiger partial charge on any atom is -0.0445 e. The van der Waals surface area contributed by atoms with E-state index in [1.165, 1.54) is 44.9 Å². The molecule has 0 rings (SSSR count). The average Bonchev–Trinajstić information content (AvgIpc) is 2.30. The summed E-state index contributed by atoms with van der Waals surface area (Å²) in [5, 5.41) is 0. The molecule has 0 aliphatic carbocycles. The van der Waals surface area contributed by atoms with Gasteiger partial charge in [-0.2, -0.15) is 0 Å². The molecule has 0 aromatic carbocycles. The van der Waals surface area contributed by atoms with E-state index in [-0.39, 0.29) is 0 Å². The van der Waals surface area contributed by atoms with Gasteiger partial charge >= 0.3 is 0 Å². The molecule has 0 radical (unpaired) electrons. The summed E-state index contributed by atoms with van der Waals surface area (Å²) in [6.07, 6.45) is 9.61. The molecule has 0 saturated heterocycles. The fourth-order valence-electron chi connectivity index (χ4n) is 1.11. The lowest BCUT2D eigenvalue weighted by atomic mass is 10.0. The van der Waals surface area contributed by atoms with Crippen LogP contribution in [0.3, 0.4) is 0 Å². The normalized spacial score (nSPS) is 10.6. The van der Waals surface area contributed by atoms with Gasteiger partial charge in [-0.1, -0.05) is 93.4 Å². The van der Waals surface area contributed by atoms with E-state index < -0.39 is 0 Å². The van der Waals surface area contributed by atoms with Crippen molar-refractivity contribution >= 4 is 0 Å². The van der Waals surface area contributed by atoms with Crippen LogP contribution in [0.25, 0.3) is 0 Å². The maximum atomic E-state index is 2.33. The van der Waals surface area contributed by atoms with Gasteiger partial charge in [-0.25, -0.2) is 0 Å². The standard InChI is InChI=1S/C8H18.C5H12.C2H6/c1-4-6-7-8(3)5-2;1-3-5-4-2;1-2/h8H,4-7H2,1-3H3;3-5H2,1-2H3;1-2H3. The molecule has 96 valence electrons. The predicted molar refractivity (Wildman–Crippen MR) is 75.5 cm³/mol. The van der Waals surface area contributed by atoms with E-state index in [4.69, 9.17) is 0 Å². The minimum absolute atomic E-state index is 0.954. The monoisotopic (exact) mass is 216 g/mol. The van der Waals surface area contributed by atoms with E-state index in [1.807, 2.05) is 13.8 Å². The van der Waals surface area contributed by atoms with Gasteiger partial charge in [0.25, 0.3) is 0 Å². The topological polar surface area (TPSA) is 0 Å². The molecule has 0 aliphatic heterocycles. The molecule has 0 heterocycles. The molecular formula is C15H36. The summed E-state index contributed by atoms with van der Waals surface area (Å²) in [6, 6.07) is 0. The first kappa shape index (κ1) is 20.4. The molecule has 0 heteroatoms. The van der Waals surface area contributed by atoms with Crippen LogP contribution in [0.15, 0.2) is 0 Å². The van der Waals surface area contributed by atoms with Gasteiger partial charge in [0.05, 0.1) is 0 Å². The number of rotatable bonds is 6. The largest absolute Gasteiger partial charge is 0.0683 e. The van der Waals surface area contributed by atoms with Crippen molar-refractivity contribution in [1.82, 2.24) is 0 Å². The lowest BCUT2D eigenvalue weighted by molar-refractivity contribution is 0.492. The summed E-state index contributed by atoms with van der Waals surface area (Å²) in [6.45, 7) is 15.3. The Labute approximate surface area is 99.9 Å². The highest BCUT2D eigenvalue weighted by Gasteiger charge is 1.94. The molecule has 0 amide bonds. The van der Waals surface area contributed by atoms with Gasteiger partial charge in [0.1, 0.15) is 0 Å². The van der Waals surface area contributed by atoms with Crippen molar-refractivity contribution in [2.24, 2.45) is 5.92 Å². The van der Waals surface area contributed by atoms with Gasteiger partial charge in [-0.3, -0.25) is 0 Å². The third-order valence-electron chi connectivity index (χ3n) is 2.45. The summed E-state index contributed by atoms with van der Waals surface area (Å²) in [5.74, 6) is 0.954. The Bertz CT molecular complexity index is 64.4. The average molecular weight is 216 g/mol. The zero-order valence-corrected chi connectivity index (χ0v) is 12.5. The van der Waals surface area contributed by atoms with Crippen molar-refractivity contribution in [3.63, 3.8) is 0 Å². The number of unbranched alkanes of at least 4 members (excludes halogenated alkanes) is 3. The zero-order chi connectivity index (χ0) is 12.5. The van der Waals surface area contributed by atoms with Crippen molar-refractivity contribution in [1.29, 1.82) is 0 Å². The van der Waals surface area contributed by atoms with Crippen molar-refractivity contribution in [3.05, 3.63) is 0 Å². The summed E-state index contributed by atoms with van der Waals surface area (Å²) < 4.78 is 0. The van der Waals surface area contributed by atoms with Crippen LogP contribution in [0, 0.1) is 5.92 Å². The molecule has 0 saturated carbocycles. The van der Waals surface area contributed by atoms with Gasteiger partial charge in [0.15, 0.2) is 0 Å². The highest BCUT2D eigenvalue weighted by molar-refractivity contribution is 4.47. The molecule has 0 bridgehead atoms. The molecule has 0 aromatic rings. The van der Waals surface area contributed by atoms with Crippen LogP contribution in [-0.4, -0.2) is 0 Å². The second-order valence-electron chi connectivity index (χ2n) is 4.01. The summed E-state index contributed by atoms with van der Waals surface area (Å²) in [5.41, 5.74) is 0. The number of hydrogen-bond donors (Lipinski definition) is 0. The molecule has 15 heavy (non-hydrogen) atoms. The lowest BCUT2D eigenvalue weighted by Gasteiger charge is -2.04. The van der Waals surface area contributed by atoms with Gasteiger partial charge in [-0.05, 0) is 5.92 Å². The lowest BCUT2D eigenvalue weighted by Crippen LogP contribution is -1.89. The van der Waals surface area contributed by atoms with Gasteiger partial charge < -0.3 is 0 Å². The fraction of sp³-hybridized carbons (Fsp3) is 1.00. The third-order valence-corrected chi connectivity index (χ3v) is 2.45. The second-order valence-corrected chi connectivity index (χ2v) is 4.01. The highest BCUT2D eigenvalue weighted by Crippen LogP contribution is 2.09. The Hall–Kier alpha value is 0. The molecule has 1 atom stereocenters. The summed E-state index contributed by atoms with van der Waals surface area (Å²) >= 11 is 0. The van der Waals surface area contributed by atoms with Gasteiger partial charge in [0, 0.05) is 0 Å². The van der Waals surface area contributed by atoms with Crippen LogP contribution >= 0.6 is 0 Å². The van der Waals surface area contributed by atoms with E-state index in [0.717, 1.165) is 5.92 Å². The SMILES string of the molecule is CC.CCCCC.CCCCC(C)CC. The Kier molecular flexibility index (Phi) is 32.2. The van der Waals surface area contributed by atoms with Gasteiger partial charge in [-0.15, -0.1) is 0 Å². The van der Waals surface area contributed by atoms with E-state index in [1.54, 1.807) is 0 Å². The van der Waals surface area contributed by atoms with Gasteiger partial charge in [0.2, 0.25) is 0 Å². The molecular weight excluding hydrogens is 180 g/mol. The number of hydrogen-bond acceptors (Lipinski definition) is 0. The van der Waals surface area contributed by atoms with E-state index in [0.29, 0.717) is 0 Å². The quantitative estimate of drug-likeness (QED) is 0.479. The first-order valence-electron chi connectivity index (χ1n) is 7.22. The summed E-state index contributed by atoms with van der Waals surface area (Å²) in [7, 11) is 0. The van der Waals surface area contributed by atoms with Crippen LogP contribution in [-0.2, 0) is 0 Å². The van der Waals surface area contributed by atoms with Crippen molar-refractivity contribution in [3.8, 4) is 0 Å². The highest BCUT2D eigenvalue weighted by atomic mass is 14.0. The molecule has 0 aromatic heterocycles. The van der Waals surface area contributed by atoms with Crippen molar-refractivity contribution in [2.75, 3.05) is 0 Å². The third kappa shape index (κ3) is 31.5. The maximum absolute atomic E-state index is 2.33. The zero-order valence-electron chi connectivity index (χ0n) is 12.5. The van der Waals surface area contributed by atoms with Crippen LogP contribution in [0.1, 0.15) is 93.4 Å². The summed E-state index contributed by atoms with van der Waals surface area (Å²) in [4.78, 5) is 0. The molecule has 1 unspecified atom stereocenters. The Balaban J connectivity index is -0.000000177. The fourth-order valence-corrected chi connectivity index (χ4v) is 1.11. The molecule has 0 nitrogen and oxygen atoms in total. The second kappa shape index (κ2) is 23.7. The molecule has 0 spiro atoms. The van der Waals surface area contributed by atoms with Crippen molar-refractivity contribution < 1.29 is 0 Å². The minimum Gasteiger partial charge on any atom is -0.0683 e. The molecule has 0 N–H and O–H groups in total. The van der Waals surface area contributed by atoms with Crippen LogP contribution in [0.5, 0.6) is 0 Å². The molecule has 0 fully saturated rings. The van der Waals surface area contributed by atoms with E-state index in [2.05, 4.69) is 34.6 Å². The predicted octanol–water partition coefficient (Wildman–Crippen LogP) is 6.45. The van der Waals surface area contributed by atoms with Crippen LogP contribution in [0.2, 0.25) is 0 Å². The minimum atomic E-state index is 0.954. The smallest absolute Gasteiger partial charge is 0.0445 e. The van der Waals surface area contributed by atoms with E-state index >= 15 is 0 Å². The Morgan fingerprint density at radius 1 is 0.733 bits per heavy atom. The Morgan fingerprint density at radius 2 is 1.13 bits per heavy atom. The van der Waals surface area contributed by atoms with E-state index in [9.17, 15) is 0 Å². The van der Waals surface area contributed by atoms with Crippen LogP contribution < -0.4 is 0 Å². The first-order chi connectivity index (χ1) is 7.22. The first-order valence-corrected chi connectivity index (χ1v) is 7.22. The van der Waals surface area contributed by atoms with Crippen molar-refractivity contribution in [2.45, 2.75) is 93.4 Å². The van der Waals surface area contributed by atoms with Crippen LogP contribution in [0.4, 0.5) is 0 Å². The Morgan fingerprint density at radius 3 is 1.33 bits per heavy atom.